The summed E-state index contributed by atoms with van der Waals surface area (Å²) >= 11 is 0. The van der Waals surface area contributed by atoms with Crippen LogP contribution in [0.25, 0.3) is 0 Å². The maximum absolute atomic E-state index is 11.4. The number of carbonyl (C=O) groups excluding carboxylic acids is 1. The lowest BCUT2D eigenvalue weighted by molar-refractivity contribution is -0.124. The van der Waals surface area contributed by atoms with Gasteiger partial charge in [0.25, 0.3) is 0 Å². The summed E-state index contributed by atoms with van der Waals surface area (Å²) in [5.74, 6) is 0.0278. The molecule has 0 heterocycles. The fourth-order valence-corrected chi connectivity index (χ4v) is 1.86. The summed E-state index contributed by atoms with van der Waals surface area (Å²) in [4.78, 5) is 13.5. The maximum atomic E-state index is 11.4. The van der Waals surface area contributed by atoms with Crippen molar-refractivity contribution in [2.24, 2.45) is 5.92 Å². The van der Waals surface area contributed by atoms with Crippen molar-refractivity contribution < 1.29 is 4.79 Å². The molecule has 4 nitrogen and oxygen atoms in total. The molecule has 0 aliphatic rings. The van der Waals surface area contributed by atoms with Crippen molar-refractivity contribution >= 4 is 5.91 Å². The van der Waals surface area contributed by atoms with Gasteiger partial charge in [-0.1, -0.05) is 19.1 Å². The lowest BCUT2D eigenvalue weighted by Gasteiger charge is -2.20. The quantitative estimate of drug-likeness (QED) is 0.852. The van der Waals surface area contributed by atoms with Crippen LogP contribution in [0.4, 0.5) is 0 Å². The zero-order chi connectivity index (χ0) is 13.5. The van der Waals surface area contributed by atoms with Gasteiger partial charge in [0.2, 0.25) is 5.91 Å². The summed E-state index contributed by atoms with van der Waals surface area (Å²) < 4.78 is 0. The van der Waals surface area contributed by atoms with Crippen molar-refractivity contribution in [3.05, 3.63) is 35.4 Å². The van der Waals surface area contributed by atoms with E-state index < -0.39 is 0 Å². The Morgan fingerprint density at radius 3 is 2.56 bits per heavy atom. The van der Waals surface area contributed by atoms with Crippen molar-refractivity contribution in [1.82, 2.24) is 10.2 Å². The normalized spacial score (nSPS) is 11.9. The first kappa shape index (κ1) is 14.2. The first-order valence-corrected chi connectivity index (χ1v) is 5.96. The van der Waals surface area contributed by atoms with E-state index in [2.05, 4.69) is 16.3 Å². The molecule has 1 amide bonds. The van der Waals surface area contributed by atoms with E-state index in [9.17, 15) is 4.79 Å². The van der Waals surface area contributed by atoms with Gasteiger partial charge in [0.15, 0.2) is 0 Å². The van der Waals surface area contributed by atoms with Crippen LogP contribution in [-0.4, -0.2) is 31.4 Å². The molecule has 18 heavy (non-hydrogen) atoms. The highest BCUT2D eigenvalue weighted by molar-refractivity contribution is 5.78. The number of hydrogen-bond acceptors (Lipinski definition) is 3. The van der Waals surface area contributed by atoms with Crippen LogP contribution >= 0.6 is 0 Å². The van der Waals surface area contributed by atoms with Gasteiger partial charge in [0, 0.05) is 26.1 Å². The van der Waals surface area contributed by atoms with Gasteiger partial charge in [0.1, 0.15) is 0 Å². The molecule has 1 N–H and O–H groups in total. The lowest BCUT2D eigenvalue weighted by atomic mass is 10.1. The Bertz CT molecular complexity index is 433. The van der Waals surface area contributed by atoms with Crippen molar-refractivity contribution in [3.8, 4) is 6.07 Å². The van der Waals surface area contributed by atoms with Gasteiger partial charge < -0.3 is 10.2 Å². The van der Waals surface area contributed by atoms with Gasteiger partial charge in [-0.15, -0.1) is 0 Å². The summed E-state index contributed by atoms with van der Waals surface area (Å²) in [6, 6.07) is 9.61. The second-order valence-corrected chi connectivity index (χ2v) is 4.52. The third-order valence-electron chi connectivity index (χ3n) is 2.82. The van der Waals surface area contributed by atoms with Crippen molar-refractivity contribution in [3.63, 3.8) is 0 Å². The van der Waals surface area contributed by atoms with Gasteiger partial charge in [-0.3, -0.25) is 4.79 Å². The number of carbonyl (C=O) groups is 1. The summed E-state index contributed by atoms with van der Waals surface area (Å²) in [6.07, 6.45) is 0. The highest BCUT2D eigenvalue weighted by Gasteiger charge is 2.13. The molecule has 4 heteroatoms. The summed E-state index contributed by atoms with van der Waals surface area (Å²) in [6.45, 7) is 3.39. The van der Waals surface area contributed by atoms with Gasteiger partial charge >= 0.3 is 0 Å². The van der Waals surface area contributed by atoms with E-state index in [0.717, 1.165) is 12.1 Å². The monoisotopic (exact) mass is 245 g/mol. The SMILES string of the molecule is CNC(=O)C(C)CN(C)Cc1ccc(C#N)cc1. The standard InChI is InChI=1S/C14H19N3O/c1-11(14(18)16-2)9-17(3)10-13-6-4-12(8-15)5-7-13/h4-7,11H,9-10H2,1-3H3,(H,16,18). The van der Waals surface area contributed by atoms with Crippen LogP contribution in [0.2, 0.25) is 0 Å². The molecule has 0 fully saturated rings. The van der Waals surface area contributed by atoms with Crippen LogP contribution in [0.15, 0.2) is 24.3 Å². The molecule has 0 radical (unpaired) electrons. The Morgan fingerprint density at radius 2 is 2.06 bits per heavy atom. The molecule has 0 spiro atoms. The van der Waals surface area contributed by atoms with E-state index in [0.29, 0.717) is 12.1 Å². The molecule has 0 aliphatic carbocycles. The number of hydrogen-bond donors (Lipinski definition) is 1. The van der Waals surface area contributed by atoms with Crippen LogP contribution in [0.3, 0.4) is 0 Å². The molecule has 1 unspecified atom stereocenters. The molecular weight excluding hydrogens is 226 g/mol. The first-order chi connectivity index (χ1) is 8.56. The number of nitrogens with one attached hydrogen (secondary N) is 1. The van der Waals surface area contributed by atoms with Crippen LogP contribution in [0.5, 0.6) is 0 Å². The maximum Gasteiger partial charge on any atom is 0.223 e. The molecule has 1 atom stereocenters. The predicted molar refractivity (Wildman–Crippen MR) is 70.7 cm³/mol. The Hall–Kier alpha value is -1.86. The molecule has 1 aromatic carbocycles. The van der Waals surface area contributed by atoms with Crippen LogP contribution < -0.4 is 5.32 Å². The van der Waals surface area contributed by atoms with Crippen LogP contribution in [0, 0.1) is 17.2 Å². The summed E-state index contributed by atoms with van der Waals surface area (Å²) in [7, 11) is 3.64. The van der Waals surface area contributed by atoms with E-state index in [1.807, 2.05) is 38.2 Å². The van der Waals surface area contributed by atoms with Crippen molar-refractivity contribution in [2.45, 2.75) is 13.5 Å². The second-order valence-electron chi connectivity index (χ2n) is 4.52. The summed E-state index contributed by atoms with van der Waals surface area (Å²) in [5, 5.41) is 11.4. The number of rotatable bonds is 5. The fourth-order valence-electron chi connectivity index (χ4n) is 1.86. The van der Waals surface area contributed by atoms with Gasteiger partial charge in [0.05, 0.1) is 11.6 Å². The predicted octanol–water partition coefficient (Wildman–Crippen LogP) is 1.37. The van der Waals surface area contributed by atoms with Crippen LogP contribution in [-0.2, 0) is 11.3 Å². The topological polar surface area (TPSA) is 56.1 Å². The van der Waals surface area contributed by atoms with E-state index in [1.54, 1.807) is 7.05 Å². The molecular formula is C14H19N3O. The third kappa shape index (κ3) is 4.19. The zero-order valence-electron chi connectivity index (χ0n) is 11.1. The third-order valence-corrected chi connectivity index (χ3v) is 2.82. The Balaban J connectivity index is 2.51. The Kier molecular flexibility index (Phi) is 5.34. The van der Waals surface area contributed by atoms with E-state index >= 15 is 0 Å². The Labute approximate surface area is 108 Å². The molecule has 1 rings (SSSR count). The van der Waals surface area contributed by atoms with Gasteiger partial charge in [-0.05, 0) is 24.7 Å². The number of nitrogens with zero attached hydrogens (tertiary/aromatic N) is 2. The Morgan fingerprint density at radius 1 is 1.44 bits per heavy atom. The average molecular weight is 245 g/mol. The molecule has 0 aliphatic heterocycles. The van der Waals surface area contributed by atoms with Crippen LogP contribution in [0.1, 0.15) is 18.1 Å². The van der Waals surface area contributed by atoms with Gasteiger partial charge in [-0.2, -0.15) is 5.26 Å². The lowest BCUT2D eigenvalue weighted by Crippen LogP contribution is -2.34. The molecule has 0 bridgehead atoms. The van der Waals surface area contributed by atoms with E-state index in [-0.39, 0.29) is 11.8 Å². The summed E-state index contributed by atoms with van der Waals surface area (Å²) in [5.41, 5.74) is 1.81. The molecule has 0 saturated carbocycles. The minimum absolute atomic E-state index is 0.0293. The minimum atomic E-state index is -0.0293. The second kappa shape index (κ2) is 6.77. The molecule has 96 valence electrons. The average Bonchev–Trinajstić information content (AvgIpc) is 2.38. The molecule has 0 saturated heterocycles. The largest absolute Gasteiger partial charge is 0.359 e. The number of amides is 1. The molecule has 1 aromatic rings. The zero-order valence-corrected chi connectivity index (χ0v) is 11.1. The van der Waals surface area contributed by atoms with Crippen molar-refractivity contribution in [1.29, 1.82) is 5.26 Å². The fraction of sp³-hybridized carbons (Fsp3) is 0.429. The van der Waals surface area contributed by atoms with E-state index in [4.69, 9.17) is 5.26 Å². The minimum Gasteiger partial charge on any atom is -0.359 e. The smallest absolute Gasteiger partial charge is 0.223 e. The molecule has 0 aromatic heterocycles. The van der Waals surface area contributed by atoms with Gasteiger partial charge in [-0.25, -0.2) is 0 Å². The van der Waals surface area contributed by atoms with Crippen molar-refractivity contribution in [2.75, 3.05) is 20.6 Å². The van der Waals surface area contributed by atoms with E-state index in [1.165, 1.54) is 0 Å². The highest BCUT2D eigenvalue weighted by atomic mass is 16.1. The highest BCUT2D eigenvalue weighted by Crippen LogP contribution is 2.07. The number of benzene rings is 1. The first-order valence-electron chi connectivity index (χ1n) is 5.96. The number of nitriles is 1.